The molecular formula is C21H28FN5O3. The van der Waals surface area contributed by atoms with Gasteiger partial charge in [-0.1, -0.05) is 24.2 Å². The van der Waals surface area contributed by atoms with Crippen LogP contribution in [0.5, 0.6) is 0 Å². The molecule has 0 radical (unpaired) electrons. The molecule has 0 aliphatic carbocycles. The average Bonchev–Trinajstić information content (AvgIpc) is 3.22. The molecule has 1 N–H and O–H groups in total. The number of carbonyl (C=O) groups excluding carboxylic acids is 2. The van der Waals surface area contributed by atoms with Crippen molar-refractivity contribution in [3.05, 3.63) is 35.5 Å². The van der Waals surface area contributed by atoms with Gasteiger partial charge in [0.25, 0.3) is 0 Å². The molecule has 1 aromatic carbocycles. The third kappa shape index (κ3) is 5.85. The quantitative estimate of drug-likeness (QED) is 0.704. The van der Waals surface area contributed by atoms with Crippen molar-refractivity contribution in [2.24, 2.45) is 0 Å². The first kappa shape index (κ1) is 21.9. The molecule has 0 unspecified atom stereocenters. The number of hydrogen-bond donors (Lipinski definition) is 1. The Kier molecular flexibility index (Phi) is 7.51. The number of rotatable bonds is 8. The fourth-order valence-electron chi connectivity index (χ4n) is 3.26. The topological polar surface area (TPSA) is 91.6 Å². The number of nitrogens with zero attached hydrogens (tertiary/aromatic N) is 4. The fraction of sp³-hybridized carbons (Fsp3) is 0.524. The Labute approximate surface area is 175 Å². The molecule has 1 aromatic heterocycles. The van der Waals surface area contributed by atoms with E-state index in [2.05, 4.69) is 20.4 Å². The minimum Gasteiger partial charge on any atom is -0.355 e. The van der Waals surface area contributed by atoms with Crippen LogP contribution in [0.3, 0.4) is 0 Å². The van der Waals surface area contributed by atoms with Crippen LogP contribution in [0, 0.1) is 12.7 Å². The maximum absolute atomic E-state index is 13.7. The molecular weight excluding hydrogens is 389 g/mol. The minimum absolute atomic E-state index is 0.0196. The predicted molar refractivity (Wildman–Crippen MR) is 109 cm³/mol. The van der Waals surface area contributed by atoms with Crippen molar-refractivity contribution in [2.75, 3.05) is 39.3 Å². The summed E-state index contributed by atoms with van der Waals surface area (Å²) in [7, 11) is 0. The number of aryl methyl sites for hydroxylation is 2. The second-order valence-corrected chi connectivity index (χ2v) is 7.48. The lowest BCUT2D eigenvalue weighted by atomic mass is 10.1. The van der Waals surface area contributed by atoms with Gasteiger partial charge in [-0.2, -0.15) is 4.98 Å². The highest BCUT2D eigenvalue weighted by Crippen LogP contribution is 2.19. The largest absolute Gasteiger partial charge is 0.355 e. The highest BCUT2D eigenvalue weighted by Gasteiger charge is 2.22. The summed E-state index contributed by atoms with van der Waals surface area (Å²) >= 11 is 0. The van der Waals surface area contributed by atoms with Crippen LogP contribution in [0.2, 0.25) is 0 Å². The molecule has 3 rings (SSSR count). The number of nitrogens with one attached hydrogen (secondary N) is 1. The van der Waals surface area contributed by atoms with Gasteiger partial charge in [-0.25, -0.2) is 4.39 Å². The first-order valence-corrected chi connectivity index (χ1v) is 10.3. The van der Waals surface area contributed by atoms with Gasteiger partial charge in [0.1, 0.15) is 5.82 Å². The fourth-order valence-corrected chi connectivity index (χ4v) is 3.26. The first-order valence-electron chi connectivity index (χ1n) is 10.3. The van der Waals surface area contributed by atoms with Crippen LogP contribution in [0.4, 0.5) is 4.39 Å². The third-order valence-electron chi connectivity index (χ3n) is 5.12. The Morgan fingerprint density at radius 1 is 1.23 bits per heavy atom. The zero-order valence-corrected chi connectivity index (χ0v) is 17.5. The van der Waals surface area contributed by atoms with E-state index >= 15 is 0 Å². The van der Waals surface area contributed by atoms with Crippen LogP contribution in [-0.2, 0) is 16.0 Å². The average molecular weight is 417 g/mol. The van der Waals surface area contributed by atoms with Crippen molar-refractivity contribution in [2.45, 2.75) is 33.1 Å². The van der Waals surface area contributed by atoms with E-state index in [9.17, 15) is 14.0 Å². The molecule has 2 heterocycles. The summed E-state index contributed by atoms with van der Waals surface area (Å²) < 4.78 is 18.9. The van der Waals surface area contributed by atoms with E-state index in [1.165, 1.54) is 6.07 Å². The first-order chi connectivity index (χ1) is 14.5. The molecule has 8 nitrogen and oxygen atoms in total. The molecule has 9 heteroatoms. The van der Waals surface area contributed by atoms with Crippen molar-refractivity contribution < 1.29 is 18.5 Å². The van der Waals surface area contributed by atoms with Crippen LogP contribution < -0.4 is 5.32 Å². The maximum Gasteiger partial charge on any atom is 0.234 e. The lowest BCUT2D eigenvalue weighted by Crippen LogP contribution is -2.51. The number of benzene rings is 1. The van der Waals surface area contributed by atoms with Gasteiger partial charge in [-0.3, -0.25) is 14.5 Å². The number of carbonyl (C=O) groups is 2. The minimum atomic E-state index is -0.323. The molecule has 1 saturated heterocycles. The van der Waals surface area contributed by atoms with Gasteiger partial charge in [-0.05, 0) is 25.0 Å². The van der Waals surface area contributed by atoms with Gasteiger partial charge in [0.15, 0.2) is 0 Å². The summed E-state index contributed by atoms with van der Waals surface area (Å²) in [5, 5.41) is 6.75. The van der Waals surface area contributed by atoms with Crippen molar-refractivity contribution in [1.29, 1.82) is 0 Å². The van der Waals surface area contributed by atoms with E-state index in [-0.39, 0.29) is 24.1 Å². The van der Waals surface area contributed by atoms with Crippen LogP contribution in [-0.4, -0.2) is 71.0 Å². The summed E-state index contributed by atoms with van der Waals surface area (Å²) in [5.74, 6) is 0.386. The third-order valence-corrected chi connectivity index (χ3v) is 5.12. The highest BCUT2D eigenvalue weighted by molar-refractivity contribution is 5.78. The summed E-state index contributed by atoms with van der Waals surface area (Å²) in [5.41, 5.74) is 1.09. The number of aromatic nitrogens is 2. The Balaban J connectivity index is 1.44. The van der Waals surface area contributed by atoms with Gasteiger partial charge in [0.2, 0.25) is 23.5 Å². The van der Waals surface area contributed by atoms with Gasteiger partial charge < -0.3 is 14.7 Å². The van der Waals surface area contributed by atoms with E-state index < -0.39 is 0 Å². The molecule has 1 aliphatic heterocycles. The van der Waals surface area contributed by atoms with Crippen molar-refractivity contribution >= 4 is 11.8 Å². The number of piperazine rings is 1. The summed E-state index contributed by atoms with van der Waals surface area (Å²) in [6.45, 7) is 7.30. The molecule has 1 aliphatic rings. The summed E-state index contributed by atoms with van der Waals surface area (Å²) in [6, 6.07) is 4.77. The van der Waals surface area contributed by atoms with Crippen molar-refractivity contribution in [1.82, 2.24) is 25.3 Å². The van der Waals surface area contributed by atoms with Crippen LogP contribution >= 0.6 is 0 Å². The van der Waals surface area contributed by atoms with E-state index in [1.54, 1.807) is 24.0 Å². The Morgan fingerprint density at radius 3 is 2.70 bits per heavy atom. The normalized spacial score (nSPS) is 14.7. The zero-order valence-electron chi connectivity index (χ0n) is 17.5. The van der Waals surface area contributed by atoms with Gasteiger partial charge in [-0.15, -0.1) is 0 Å². The monoisotopic (exact) mass is 417 g/mol. The predicted octanol–water partition coefficient (Wildman–Crippen LogP) is 1.79. The van der Waals surface area contributed by atoms with Gasteiger partial charge in [0.05, 0.1) is 6.54 Å². The SMILES string of the molecule is CCCNC(=O)CN1CCN(C(=O)CCc2nc(-c3ccc(C)c(F)c3)no2)CC1. The zero-order chi connectivity index (χ0) is 21.5. The van der Waals surface area contributed by atoms with E-state index in [0.717, 1.165) is 6.42 Å². The molecule has 2 amide bonds. The number of amides is 2. The van der Waals surface area contributed by atoms with Gasteiger partial charge in [0, 0.05) is 51.1 Å². The number of hydrogen-bond acceptors (Lipinski definition) is 6. The molecule has 0 spiro atoms. The van der Waals surface area contributed by atoms with E-state index in [1.807, 2.05) is 6.92 Å². The molecule has 2 aromatic rings. The Morgan fingerprint density at radius 2 is 2.00 bits per heavy atom. The molecule has 30 heavy (non-hydrogen) atoms. The molecule has 162 valence electrons. The van der Waals surface area contributed by atoms with Crippen molar-refractivity contribution in [3.63, 3.8) is 0 Å². The Bertz CT molecular complexity index is 877. The highest BCUT2D eigenvalue weighted by atomic mass is 19.1. The number of halogens is 1. The lowest BCUT2D eigenvalue weighted by molar-refractivity contribution is -0.133. The molecule has 0 saturated carbocycles. The van der Waals surface area contributed by atoms with Crippen molar-refractivity contribution in [3.8, 4) is 11.4 Å². The standard InChI is InChI=1S/C21H28FN5O3/c1-3-8-23-18(28)14-26-9-11-27(12-10-26)20(29)7-6-19-24-21(25-30-19)16-5-4-15(2)17(22)13-16/h4-5,13H,3,6-12,14H2,1-2H3,(H,23,28). The van der Waals surface area contributed by atoms with Crippen LogP contribution in [0.1, 0.15) is 31.2 Å². The molecule has 0 atom stereocenters. The summed E-state index contributed by atoms with van der Waals surface area (Å²) in [4.78, 5) is 32.4. The Hall–Kier alpha value is -2.81. The second kappa shape index (κ2) is 10.3. The lowest BCUT2D eigenvalue weighted by Gasteiger charge is -2.34. The van der Waals surface area contributed by atoms with Gasteiger partial charge >= 0.3 is 0 Å². The van der Waals surface area contributed by atoms with Crippen LogP contribution in [0.25, 0.3) is 11.4 Å². The van der Waals surface area contributed by atoms with E-state index in [4.69, 9.17) is 4.52 Å². The smallest absolute Gasteiger partial charge is 0.234 e. The summed E-state index contributed by atoms with van der Waals surface area (Å²) in [6.07, 6.45) is 1.51. The second-order valence-electron chi connectivity index (χ2n) is 7.48. The van der Waals surface area contributed by atoms with E-state index in [0.29, 0.717) is 68.5 Å². The maximum atomic E-state index is 13.7. The molecule has 1 fully saturated rings. The molecule has 0 bridgehead atoms. The van der Waals surface area contributed by atoms with Crippen LogP contribution in [0.15, 0.2) is 22.7 Å².